The zero-order valence-corrected chi connectivity index (χ0v) is 22.4. The molecule has 0 radical (unpaired) electrons. The van der Waals surface area contributed by atoms with Crippen molar-refractivity contribution in [1.82, 2.24) is 15.2 Å². The summed E-state index contributed by atoms with van der Waals surface area (Å²) in [6, 6.07) is 6.46. The van der Waals surface area contributed by atoms with E-state index >= 15 is 0 Å². The van der Waals surface area contributed by atoms with Crippen LogP contribution in [-0.2, 0) is 16.0 Å². The number of H-pyrrole nitrogens is 1. The van der Waals surface area contributed by atoms with Crippen molar-refractivity contribution in [2.24, 2.45) is 5.92 Å². The molecule has 2 heterocycles. The number of rotatable bonds is 4. The summed E-state index contributed by atoms with van der Waals surface area (Å²) in [6.07, 6.45) is 1.12. The number of ether oxygens (including phenoxy) is 1. The highest BCUT2D eigenvalue weighted by molar-refractivity contribution is 5.87. The summed E-state index contributed by atoms with van der Waals surface area (Å²) in [5, 5.41) is 3.85. The van der Waals surface area contributed by atoms with Crippen molar-refractivity contribution < 1.29 is 14.3 Å². The Hall–Kier alpha value is -2.50. The van der Waals surface area contributed by atoms with Crippen molar-refractivity contribution >= 4 is 22.9 Å². The quantitative estimate of drug-likeness (QED) is 0.546. The maximum atomic E-state index is 13.0. The number of hydrogen-bond donors (Lipinski definition) is 2. The number of amides is 2. The van der Waals surface area contributed by atoms with Gasteiger partial charge in [0.15, 0.2) is 0 Å². The third-order valence-electron chi connectivity index (χ3n) is 5.20. The van der Waals surface area contributed by atoms with Crippen molar-refractivity contribution in [3.05, 3.63) is 35.0 Å². The number of fused-ring (bicyclic) bond motifs is 3. The summed E-state index contributed by atoms with van der Waals surface area (Å²) in [5.41, 5.74) is 4.21. The van der Waals surface area contributed by atoms with E-state index in [0.717, 1.165) is 24.1 Å². The van der Waals surface area contributed by atoms with Gasteiger partial charge in [-0.3, -0.25) is 4.79 Å². The van der Waals surface area contributed by atoms with Gasteiger partial charge in [0.05, 0.1) is 6.04 Å². The van der Waals surface area contributed by atoms with E-state index in [2.05, 4.69) is 49.3 Å². The molecule has 33 heavy (non-hydrogen) atoms. The van der Waals surface area contributed by atoms with Crippen LogP contribution in [0.15, 0.2) is 18.2 Å². The van der Waals surface area contributed by atoms with Crippen LogP contribution in [0.1, 0.15) is 91.6 Å². The van der Waals surface area contributed by atoms with Crippen LogP contribution in [0.5, 0.6) is 0 Å². The Bertz CT molecular complexity index is 909. The van der Waals surface area contributed by atoms with Gasteiger partial charge in [0.1, 0.15) is 12.1 Å². The highest BCUT2D eigenvalue weighted by atomic mass is 16.6. The first-order chi connectivity index (χ1) is 15.5. The number of aryl methyl sites for hydroxylation is 1. The number of aromatic nitrogens is 1. The van der Waals surface area contributed by atoms with E-state index in [1.54, 1.807) is 20.8 Å². The summed E-state index contributed by atoms with van der Waals surface area (Å²) < 4.78 is 5.25. The maximum Gasteiger partial charge on any atom is 0.408 e. The third-order valence-corrected chi connectivity index (χ3v) is 5.20. The summed E-state index contributed by atoms with van der Waals surface area (Å²) in [6.45, 7) is 20.4. The summed E-state index contributed by atoms with van der Waals surface area (Å²) in [5.74, 6) is 0.357. The number of carbonyl (C=O) groups excluding carboxylic acids is 2. The van der Waals surface area contributed by atoms with Crippen LogP contribution in [-0.4, -0.2) is 40.6 Å². The Morgan fingerprint density at radius 1 is 1.18 bits per heavy atom. The summed E-state index contributed by atoms with van der Waals surface area (Å²) >= 11 is 0. The van der Waals surface area contributed by atoms with Gasteiger partial charge in [-0.05, 0) is 63.6 Å². The Labute approximate surface area is 200 Å². The van der Waals surface area contributed by atoms with E-state index in [9.17, 15) is 9.59 Å². The lowest BCUT2D eigenvalue weighted by Crippen LogP contribution is -2.46. The molecule has 0 saturated carbocycles. The molecule has 1 atom stereocenters. The molecule has 1 aliphatic rings. The van der Waals surface area contributed by atoms with E-state index in [1.807, 2.05) is 32.6 Å². The smallest absolute Gasteiger partial charge is 0.408 e. The van der Waals surface area contributed by atoms with Gasteiger partial charge >= 0.3 is 6.09 Å². The van der Waals surface area contributed by atoms with Gasteiger partial charge in [0, 0.05) is 23.1 Å². The molecule has 0 aliphatic carbocycles. The molecule has 0 spiro atoms. The fourth-order valence-corrected chi connectivity index (χ4v) is 4.04. The fourth-order valence-electron chi connectivity index (χ4n) is 4.04. The molecule has 3 rings (SSSR count). The zero-order valence-electron chi connectivity index (χ0n) is 22.4. The Morgan fingerprint density at radius 3 is 2.39 bits per heavy atom. The van der Waals surface area contributed by atoms with Crippen molar-refractivity contribution in [3.63, 3.8) is 0 Å². The molecule has 2 N–H and O–H groups in total. The maximum absolute atomic E-state index is 13.0. The minimum Gasteiger partial charge on any atom is -0.444 e. The number of nitrogens with zero attached hydrogens (tertiary/aromatic N) is 1. The SMILES string of the molecule is CC.CC.Cc1ccc2c3c([nH]c2c1)C(CC(C)C)N(C(=O)CNC(=O)OC(C)(C)C)CC3. The number of hydrogen-bond acceptors (Lipinski definition) is 3. The van der Waals surface area contributed by atoms with E-state index in [4.69, 9.17) is 4.74 Å². The van der Waals surface area contributed by atoms with E-state index in [-0.39, 0.29) is 18.5 Å². The molecule has 186 valence electrons. The lowest BCUT2D eigenvalue weighted by Gasteiger charge is -2.37. The van der Waals surface area contributed by atoms with Crippen molar-refractivity contribution in [2.75, 3.05) is 13.1 Å². The second-order valence-electron chi connectivity index (χ2n) is 9.40. The van der Waals surface area contributed by atoms with Gasteiger partial charge < -0.3 is 19.9 Å². The number of nitrogens with one attached hydrogen (secondary N) is 2. The average Bonchev–Trinajstić information content (AvgIpc) is 3.11. The number of aromatic amines is 1. The first-order valence-electron chi connectivity index (χ1n) is 12.4. The van der Waals surface area contributed by atoms with Crippen LogP contribution in [0, 0.1) is 12.8 Å². The molecule has 1 unspecified atom stereocenters. The molecule has 0 fully saturated rings. The topological polar surface area (TPSA) is 74.4 Å². The number of alkyl carbamates (subject to hydrolysis) is 1. The Balaban J connectivity index is 0.00000129. The first kappa shape index (κ1) is 28.5. The lowest BCUT2D eigenvalue weighted by molar-refractivity contribution is -0.133. The molecule has 1 aliphatic heterocycles. The highest BCUT2D eigenvalue weighted by Gasteiger charge is 2.33. The second kappa shape index (κ2) is 12.7. The molecule has 6 heteroatoms. The Morgan fingerprint density at radius 2 is 1.82 bits per heavy atom. The van der Waals surface area contributed by atoms with Crippen LogP contribution < -0.4 is 5.32 Å². The molecule has 0 saturated heterocycles. The zero-order chi connectivity index (χ0) is 25.3. The van der Waals surface area contributed by atoms with Gasteiger partial charge in [-0.1, -0.05) is 53.7 Å². The average molecular weight is 460 g/mol. The molecule has 2 aromatic rings. The Kier molecular flexibility index (Phi) is 10.9. The predicted octanol–water partition coefficient (Wildman–Crippen LogP) is 6.53. The molecule has 6 nitrogen and oxygen atoms in total. The van der Waals surface area contributed by atoms with Gasteiger partial charge in [0.25, 0.3) is 0 Å². The molecular weight excluding hydrogens is 414 g/mol. The van der Waals surface area contributed by atoms with E-state index in [0.29, 0.717) is 12.5 Å². The van der Waals surface area contributed by atoms with Gasteiger partial charge in [-0.25, -0.2) is 4.79 Å². The first-order valence-corrected chi connectivity index (χ1v) is 12.4. The minimum absolute atomic E-state index is 0.0145. The van der Waals surface area contributed by atoms with Crippen molar-refractivity contribution in [1.29, 1.82) is 0 Å². The summed E-state index contributed by atoms with van der Waals surface area (Å²) in [7, 11) is 0. The van der Waals surface area contributed by atoms with Crippen LogP contribution in [0.3, 0.4) is 0 Å². The van der Waals surface area contributed by atoms with Crippen molar-refractivity contribution in [2.45, 2.75) is 93.7 Å². The number of carbonyl (C=O) groups is 2. The van der Waals surface area contributed by atoms with Crippen LogP contribution in [0.25, 0.3) is 10.9 Å². The van der Waals surface area contributed by atoms with E-state index < -0.39 is 11.7 Å². The molecule has 1 aromatic carbocycles. The molecular formula is C27H45N3O3. The number of benzene rings is 1. The molecule has 2 amide bonds. The highest BCUT2D eigenvalue weighted by Crippen LogP contribution is 2.38. The van der Waals surface area contributed by atoms with E-state index in [1.165, 1.54) is 16.5 Å². The van der Waals surface area contributed by atoms with Crippen LogP contribution >= 0.6 is 0 Å². The molecule has 1 aromatic heterocycles. The van der Waals surface area contributed by atoms with Crippen LogP contribution in [0.2, 0.25) is 0 Å². The predicted molar refractivity (Wildman–Crippen MR) is 138 cm³/mol. The van der Waals surface area contributed by atoms with Crippen molar-refractivity contribution in [3.8, 4) is 0 Å². The van der Waals surface area contributed by atoms with Crippen LogP contribution in [0.4, 0.5) is 4.79 Å². The monoisotopic (exact) mass is 459 g/mol. The standard InChI is InChI=1S/C23H33N3O3.2C2H6/c1-14(2)11-19-21-17(16-8-7-15(3)12-18(16)25-21)9-10-26(19)20(27)13-24-22(28)29-23(4,5)6;2*1-2/h7-8,12,14,19,25H,9-11,13H2,1-6H3,(H,24,28);2*1-2H3. The fraction of sp³-hybridized carbons (Fsp3) is 0.630. The molecule has 0 bridgehead atoms. The minimum atomic E-state index is -0.587. The largest absolute Gasteiger partial charge is 0.444 e. The normalized spacial score (nSPS) is 15.1. The lowest BCUT2D eigenvalue weighted by atomic mass is 9.91. The second-order valence-corrected chi connectivity index (χ2v) is 9.40. The summed E-state index contributed by atoms with van der Waals surface area (Å²) in [4.78, 5) is 30.4. The third kappa shape index (κ3) is 7.79. The van der Waals surface area contributed by atoms with Gasteiger partial charge in [-0.15, -0.1) is 0 Å². The van der Waals surface area contributed by atoms with Gasteiger partial charge in [-0.2, -0.15) is 0 Å². The van der Waals surface area contributed by atoms with Gasteiger partial charge in [0.2, 0.25) is 5.91 Å².